The van der Waals surface area contributed by atoms with Crippen LogP contribution in [0.4, 0.5) is 10.1 Å². The maximum Gasteiger partial charge on any atom is 0.147 e. The van der Waals surface area contributed by atoms with Crippen molar-refractivity contribution < 1.29 is 13.9 Å². The predicted octanol–water partition coefficient (Wildman–Crippen LogP) is 3.05. The summed E-state index contributed by atoms with van der Waals surface area (Å²) >= 11 is 3.21. The summed E-state index contributed by atoms with van der Waals surface area (Å²) in [4.78, 5) is 0. The Bertz CT molecular complexity index is 336. The van der Waals surface area contributed by atoms with Crippen LogP contribution in [0.5, 0.6) is 0 Å². The van der Waals surface area contributed by atoms with Crippen molar-refractivity contribution in [2.75, 3.05) is 38.8 Å². The van der Waals surface area contributed by atoms with Gasteiger partial charge in [0.05, 0.1) is 18.9 Å². The molecule has 0 spiro atoms. The molecular formula is C12H17BrFNO2. The molecule has 0 amide bonds. The van der Waals surface area contributed by atoms with E-state index in [0.29, 0.717) is 32.1 Å². The van der Waals surface area contributed by atoms with Crippen LogP contribution in [0.25, 0.3) is 0 Å². The summed E-state index contributed by atoms with van der Waals surface area (Å²) < 4.78 is 24.3. The molecular weight excluding hydrogens is 289 g/mol. The Hall–Kier alpha value is -0.650. The van der Waals surface area contributed by atoms with Gasteiger partial charge < -0.3 is 14.8 Å². The second-order valence-corrected chi connectivity index (χ2v) is 4.43. The lowest BCUT2D eigenvalue weighted by Gasteiger charge is -2.08. The van der Waals surface area contributed by atoms with Gasteiger partial charge in [-0.25, -0.2) is 4.39 Å². The van der Waals surface area contributed by atoms with Crippen LogP contribution in [-0.2, 0) is 9.47 Å². The van der Waals surface area contributed by atoms with Gasteiger partial charge in [-0.15, -0.1) is 0 Å². The molecule has 0 aliphatic heterocycles. The summed E-state index contributed by atoms with van der Waals surface area (Å²) in [7, 11) is 1.64. The Morgan fingerprint density at radius 1 is 1.29 bits per heavy atom. The van der Waals surface area contributed by atoms with Gasteiger partial charge in [0, 0.05) is 24.7 Å². The zero-order valence-corrected chi connectivity index (χ0v) is 11.4. The van der Waals surface area contributed by atoms with Gasteiger partial charge in [-0.1, -0.05) is 15.9 Å². The molecule has 1 N–H and O–H groups in total. The molecule has 96 valence electrons. The fourth-order valence-electron chi connectivity index (χ4n) is 1.27. The van der Waals surface area contributed by atoms with Gasteiger partial charge in [-0.3, -0.25) is 0 Å². The minimum atomic E-state index is -0.250. The van der Waals surface area contributed by atoms with Crippen molar-refractivity contribution >= 4 is 21.6 Å². The molecule has 5 heteroatoms. The lowest BCUT2D eigenvalue weighted by molar-refractivity contribution is 0.0705. The number of nitrogens with one attached hydrogen (secondary N) is 1. The third-order valence-corrected chi connectivity index (χ3v) is 2.64. The number of hydrogen-bond donors (Lipinski definition) is 1. The number of rotatable bonds is 8. The average Bonchev–Trinajstić information content (AvgIpc) is 2.30. The van der Waals surface area contributed by atoms with Gasteiger partial charge in [0.15, 0.2) is 0 Å². The Morgan fingerprint density at radius 2 is 2.12 bits per heavy atom. The molecule has 1 rings (SSSR count). The molecule has 0 fully saturated rings. The van der Waals surface area contributed by atoms with E-state index < -0.39 is 0 Å². The minimum Gasteiger partial charge on any atom is -0.383 e. The van der Waals surface area contributed by atoms with Crippen molar-refractivity contribution in [2.24, 2.45) is 0 Å². The largest absolute Gasteiger partial charge is 0.383 e. The van der Waals surface area contributed by atoms with Gasteiger partial charge >= 0.3 is 0 Å². The molecule has 0 aliphatic carbocycles. The average molecular weight is 306 g/mol. The third-order valence-electron chi connectivity index (χ3n) is 2.14. The summed E-state index contributed by atoms with van der Waals surface area (Å²) in [5.74, 6) is -0.250. The summed E-state index contributed by atoms with van der Waals surface area (Å²) in [5, 5.41) is 3.02. The summed E-state index contributed by atoms with van der Waals surface area (Å²) in [5.41, 5.74) is 0.519. The van der Waals surface area contributed by atoms with Crippen LogP contribution in [0.15, 0.2) is 22.7 Å². The van der Waals surface area contributed by atoms with Crippen LogP contribution >= 0.6 is 15.9 Å². The molecule has 0 aliphatic rings. The molecule has 0 unspecified atom stereocenters. The van der Waals surface area contributed by atoms with E-state index in [2.05, 4.69) is 21.2 Å². The molecule has 0 saturated heterocycles. The second kappa shape index (κ2) is 8.44. The van der Waals surface area contributed by atoms with Gasteiger partial charge in [-0.2, -0.15) is 0 Å². The molecule has 1 aromatic carbocycles. The molecule has 17 heavy (non-hydrogen) atoms. The number of halogens is 2. The van der Waals surface area contributed by atoms with Gasteiger partial charge in [0.2, 0.25) is 0 Å². The van der Waals surface area contributed by atoms with Crippen molar-refractivity contribution in [2.45, 2.75) is 6.42 Å². The first-order chi connectivity index (χ1) is 8.24. The van der Waals surface area contributed by atoms with Crippen LogP contribution < -0.4 is 5.32 Å². The summed E-state index contributed by atoms with van der Waals surface area (Å²) in [6, 6.07) is 4.96. The second-order valence-electron chi connectivity index (χ2n) is 3.51. The quantitative estimate of drug-likeness (QED) is 0.749. The first-order valence-electron chi connectivity index (χ1n) is 5.49. The number of anilines is 1. The standard InChI is InChI=1S/C12H17BrFNO2/c1-16-7-8-17-6-2-5-15-12-4-3-10(13)9-11(12)14/h3-4,9,15H,2,5-8H2,1H3. The maximum absolute atomic E-state index is 13.4. The molecule has 1 aromatic rings. The fourth-order valence-corrected chi connectivity index (χ4v) is 1.61. The van der Waals surface area contributed by atoms with Crippen molar-refractivity contribution in [1.29, 1.82) is 0 Å². The lowest BCUT2D eigenvalue weighted by atomic mass is 10.3. The van der Waals surface area contributed by atoms with Gasteiger partial charge in [0.1, 0.15) is 5.82 Å². The van der Waals surface area contributed by atoms with E-state index in [9.17, 15) is 4.39 Å². The number of benzene rings is 1. The molecule has 0 aromatic heterocycles. The van der Waals surface area contributed by atoms with Gasteiger partial charge in [-0.05, 0) is 24.6 Å². The molecule has 0 saturated carbocycles. The van der Waals surface area contributed by atoms with Crippen molar-refractivity contribution in [1.82, 2.24) is 0 Å². The Kier molecular flexibility index (Phi) is 7.16. The van der Waals surface area contributed by atoms with Crippen molar-refractivity contribution in [3.8, 4) is 0 Å². The van der Waals surface area contributed by atoms with E-state index in [-0.39, 0.29) is 5.82 Å². The Balaban J connectivity index is 2.14. The van der Waals surface area contributed by atoms with Crippen molar-refractivity contribution in [3.05, 3.63) is 28.5 Å². The maximum atomic E-state index is 13.4. The highest BCUT2D eigenvalue weighted by molar-refractivity contribution is 9.10. The predicted molar refractivity (Wildman–Crippen MR) is 69.9 cm³/mol. The highest BCUT2D eigenvalue weighted by atomic mass is 79.9. The monoisotopic (exact) mass is 305 g/mol. The van der Waals surface area contributed by atoms with Gasteiger partial charge in [0.25, 0.3) is 0 Å². The first kappa shape index (κ1) is 14.4. The Morgan fingerprint density at radius 3 is 2.82 bits per heavy atom. The normalized spacial score (nSPS) is 10.5. The molecule has 3 nitrogen and oxygen atoms in total. The van der Waals surface area contributed by atoms with Crippen molar-refractivity contribution in [3.63, 3.8) is 0 Å². The van der Waals surface area contributed by atoms with E-state index in [4.69, 9.17) is 9.47 Å². The topological polar surface area (TPSA) is 30.5 Å². The summed E-state index contributed by atoms with van der Waals surface area (Å²) in [6.45, 7) is 2.54. The van der Waals surface area contributed by atoms with Crippen LogP contribution in [0, 0.1) is 5.82 Å². The summed E-state index contributed by atoms with van der Waals surface area (Å²) in [6.07, 6.45) is 0.833. The number of hydrogen-bond acceptors (Lipinski definition) is 3. The van der Waals surface area contributed by atoms with E-state index in [1.54, 1.807) is 19.2 Å². The highest BCUT2D eigenvalue weighted by Crippen LogP contribution is 2.19. The molecule has 0 radical (unpaired) electrons. The van der Waals surface area contributed by atoms with E-state index >= 15 is 0 Å². The smallest absolute Gasteiger partial charge is 0.147 e. The third kappa shape index (κ3) is 6.00. The SMILES string of the molecule is COCCOCCCNc1ccc(Br)cc1F. The lowest BCUT2D eigenvalue weighted by Crippen LogP contribution is -2.09. The van der Waals surface area contributed by atoms with Crippen LogP contribution in [0.1, 0.15) is 6.42 Å². The zero-order chi connectivity index (χ0) is 12.5. The van der Waals surface area contributed by atoms with Crippen LogP contribution in [-0.4, -0.2) is 33.5 Å². The number of ether oxygens (including phenoxy) is 2. The molecule has 0 atom stereocenters. The van der Waals surface area contributed by atoms with E-state index in [0.717, 1.165) is 10.9 Å². The van der Waals surface area contributed by atoms with E-state index in [1.807, 2.05) is 0 Å². The first-order valence-corrected chi connectivity index (χ1v) is 6.29. The highest BCUT2D eigenvalue weighted by Gasteiger charge is 2.01. The fraction of sp³-hybridized carbons (Fsp3) is 0.500. The number of methoxy groups -OCH3 is 1. The van der Waals surface area contributed by atoms with Crippen LogP contribution in [0.2, 0.25) is 0 Å². The molecule has 0 heterocycles. The zero-order valence-electron chi connectivity index (χ0n) is 9.84. The Labute approximate surface area is 109 Å². The van der Waals surface area contributed by atoms with E-state index in [1.165, 1.54) is 6.07 Å². The van der Waals surface area contributed by atoms with Crippen LogP contribution in [0.3, 0.4) is 0 Å². The minimum absolute atomic E-state index is 0.250. The molecule has 0 bridgehead atoms.